The number of hydrogen-bond donors (Lipinski definition) is 0. The first-order valence-corrected chi connectivity index (χ1v) is 6.53. The van der Waals surface area contributed by atoms with Crippen LogP contribution in [0, 0.1) is 29.6 Å². The van der Waals surface area contributed by atoms with E-state index in [4.69, 9.17) is 9.31 Å². The van der Waals surface area contributed by atoms with Gasteiger partial charge < -0.3 is 9.31 Å². The zero-order valence-corrected chi connectivity index (χ0v) is 12.4. The second-order valence-electron chi connectivity index (χ2n) is 6.03. The van der Waals surface area contributed by atoms with Crippen molar-refractivity contribution in [2.75, 3.05) is 0 Å². The monoisotopic (exact) mass is 268 g/mol. The van der Waals surface area contributed by atoms with Gasteiger partial charge in [0.05, 0.1) is 22.3 Å². The maximum Gasteiger partial charge on any atom is 0.496 e. The molecule has 0 atom stereocenters. The van der Waals surface area contributed by atoms with Crippen LogP contribution in [0.3, 0.4) is 0 Å². The highest BCUT2D eigenvalue weighted by molar-refractivity contribution is 6.63. The molecule has 0 saturated carbocycles. The quantitative estimate of drug-likeness (QED) is 0.731. The predicted octanol–water partition coefficient (Wildman–Crippen LogP) is 2.04. The molecule has 0 N–H and O–H groups in total. The zero-order chi connectivity index (χ0) is 15.1. The van der Waals surface area contributed by atoms with Crippen LogP contribution in [0.25, 0.3) is 0 Å². The molecular formula is C15H17BN2O2. The standard InChI is InChI=1S/C15H17BN2O2/c1-10-6-7-13(12(9-18)11(10)8-17)16-19-14(2,3)15(4,5)20-16/h6-7H,1-5H3. The molecule has 2 rings (SSSR count). The molecule has 1 heterocycles. The van der Waals surface area contributed by atoms with Gasteiger partial charge in [0, 0.05) is 5.46 Å². The lowest BCUT2D eigenvalue weighted by Crippen LogP contribution is -2.41. The van der Waals surface area contributed by atoms with Crippen molar-refractivity contribution in [3.05, 3.63) is 28.8 Å². The van der Waals surface area contributed by atoms with Crippen LogP contribution in [-0.2, 0) is 9.31 Å². The molecule has 0 bridgehead atoms. The first kappa shape index (κ1) is 14.6. The van der Waals surface area contributed by atoms with Crippen molar-refractivity contribution in [3.8, 4) is 12.1 Å². The molecule has 102 valence electrons. The first-order chi connectivity index (χ1) is 9.23. The molecule has 4 nitrogen and oxygen atoms in total. The molecule has 1 aromatic carbocycles. The summed E-state index contributed by atoms with van der Waals surface area (Å²) in [5, 5.41) is 18.6. The van der Waals surface area contributed by atoms with E-state index in [1.807, 2.05) is 40.7 Å². The number of aryl methyl sites for hydroxylation is 1. The van der Waals surface area contributed by atoms with Gasteiger partial charge >= 0.3 is 7.12 Å². The number of nitriles is 2. The summed E-state index contributed by atoms with van der Waals surface area (Å²) >= 11 is 0. The Hall–Kier alpha value is -1.82. The number of hydrogen-bond acceptors (Lipinski definition) is 4. The number of nitrogens with zero attached hydrogens (tertiary/aromatic N) is 2. The van der Waals surface area contributed by atoms with Crippen molar-refractivity contribution in [3.63, 3.8) is 0 Å². The summed E-state index contributed by atoms with van der Waals surface area (Å²) in [6.45, 7) is 9.64. The lowest BCUT2D eigenvalue weighted by atomic mass is 9.74. The summed E-state index contributed by atoms with van der Waals surface area (Å²) in [4.78, 5) is 0. The van der Waals surface area contributed by atoms with Crippen LogP contribution in [0.15, 0.2) is 12.1 Å². The molecule has 5 heteroatoms. The topological polar surface area (TPSA) is 66.0 Å². The largest absolute Gasteiger partial charge is 0.496 e. The van der Waals surface area contributed by atoms with Gasteiger partial charge in [-0.1, -0.05) is 12.1 Å². The van der Waals surface area contributed by atoms with Crippen molar-refractivity contribution >= 4 is 12.6 Å². The average Bonchev–Trinajstić information content (AvgIpc) is 2.57. The summed E-state index contributed by atoms with van der Waals surface area (Å²) in [5.74, 6) is 0. The van der Waals surface area contributed by atoms with Gasteiger partial charge in [0.25, 0.3) is 0 Å². The van der Waals surface area contributed by atoms with Gasteiger partial charge in [0.2, 0.25) is 0 Å². The molecule has 1 aromatic rings. The van der Waals surface area contributed by atoms with Gasteiger partial charge in [-0.05, 0) is 40.2 Å². The molecule has 0 aromatic heterocycles. The second kappa shape index (κ2) is 4.63. The molecule has 0 spiro atoms. The summed E-state index contributed by atoms with van der Waals surface area (Å²) < 4.78 is 11.9. The molecule has 0 aliphatic carbocycles. The Kier molecular flexibility index (Phi) is 3.38. The average molecular weight is 268 g/mol. The summed E-state index contributed by atoms with van der Waals surface area (Å²) in [7, 11) is -0.623. The Balaban J connectivity index is 2.52. The van der Waals surface area contributed by atoms with Gasteiger partial charge in [0.1, 0.15) is 12.1 Å². The van der Waals surface area contributed by atoms with Crippen LogP contribution >= 0.6 is 0 Å². The van der Waals surface area contributed by atoms with E-state index in [2.05, 4.69) is 12.1 Å². The molecule has 0 amide bonds. The van der Waals surface area contributed by atoms with E-state index >= 15 is 0 Å². The van der Waals surface area contributed by atoms with Crippen LogP contribution in [0.4, 0.5) is 0 Å². The van der Waals surface area contributed by atoms with Crippen LogP contribution in [0.1, 0.15) is 44.4 Å². The lowest BCUT2D eigenvalue weighted by Gasteiger charge is -2.32. The highest BCUT2D eigenvalue weighted by Gasteiger charge is 2.52. The van der Waals surface area contributed by atoms with E-state index in [-0.39, 0.29) is 0 Å². The van der Waals surface area contributed by atoms with E-state index in [1.165, 1.54) is 0 Å². The fourth-order valence-corrected chi connectivity index (χ4v) is 2.15. The van der Waals surface area contributed by atoms with Gasteiger partial charge in [0.15, 0.2) is 0 Å². The van der Waals surface area contributed by atoms with E-state index in [1.54, 1.807) is 6.07 Å². The Morgan fingerprint density at radius 3 is 1.90 bits per heavy atom. The number of benzene rings is 1. The Bertz CT molecular complexity index is 622. The van der Waals surface area contributed by atoms with E-state index in [9.17, 15) is 10.5 Å². The Morgan fingerprint density at radius 1 is 0.950 bits per heavy atom. The molecule has 20 heavy (non-hydrogen) atoms. The Labute approximate surface area is 120 Å². The van der Waals surface area contributed by atoms with Gasteiger partial charge in [-0.3, -0.25) is 0 Å². The fourth-order valence-electron chi connectivity index (χ4n) is 2.15. The molecule has 1 fully saturated rings. The van der Waals surface area contributed by atoms with Crippen LogP contribution in [0.5, 0.6) is 0 Å². The van der Waals surface area contributed by atoms with E-state index < -0.39 is 18.3 Å². The van der Waals surface area contributed by atoms with Gasteiger partial charge in [-0.2, -0.15) is 10.5 Å². The van der Waals surface area contributed by atoms with Crippen LogP contribution in [-0.4, -0.2) is 18.3 Å². The third kappa shape index (κ3) is 2.10. The predicted molar refractivity (Wildman–Crippen MR) is 76.3 cm³/mol. The third-order valence-electron chi connectivity index (χ3n) is 4.18. The molecule has 1 saturated heterocycles. The minimum atomic E-state index is -0.623. The maximum atomic E-state index is 9.36. The first-order valence-electron chi connectivity index (χ1n) is 6.53. The number of rotatable bonds is 1. The second-order valence-corrected chi connectivity index (χ2v) is 6.03. The van der Waals surface area contributed by atoms with Gasteiger partial charge in [-0.25, -0.2) is 0 Å². The van der Waals surface area contributed by atoms with Crippen LogP contribution < -0.4 is 5.46 Å². The molecular weight excluding hydrogens is 251 g/mol. The zero-order valence-electron chi connectivity index (χ0n) is 12.4. The summed E-state index contributed by atoms with van der Waals surface area (Å²) in [5.41, 5.74) is 1.19. The minimum absolute atomic E-state index is 0.339. The highest BCUT2D eigenvalue weighted by atomic mass is 16.7. The molecule has 1 aliphatic heterocycles. The maximum absolute atomic E-state index is 9.36. The highest BCUT2D eigenvalue weighted by Crippen LogP contribution is 2.36. The van der Waals surface area contributed by atoms with E-state index in [0.717, 1.165) is 5.56 Å². The molecule has 1 aliphatic rings. The van der Waals surface area contributed by atoms with Crippen LogP contribution in [0.2, 0.25) is 0 Å². The Morgan fingerprint density at radius 2 is 1.45 bits per heavy atom. The fraction of sp³-hybridized carbons (Fsp3) is 0.467. The van der Waals surface area contributed by atoms with E-state index in [0.29, 0.717) is 16.6 Å². The van der Waals surface area contributed by atoms with Crippen molar-refractivity contribution in [2.45, 2.75) is 45.8 Å². The SMILES string of the molecule is Cc1ccc(B2OC(C)(C)C(C)(C)O2)c(C#N)c1C#N. The minimum Gasteiger partial charge on any atom is -0.399 e. The third-order valence-corrected chi connectivity index (χ3v) is 4.18. The summed E-state index contributed by atoms with van der Waals surface area (Å²) in [6.07, 6.45) is 0. The van der Waals surface area contributed by atoms with Crippen molar-refractivity contribution < 1.29 is 9.31 Å². The normalized spacial score (nSPS) is 19.4. The molecule has 0 radical (unpaired) electrons. The van der Waals surface area contributed by atoms with Crippen molar-refractivity contribution in [1.29, 1.82) is 10.5 Å². The lowest BCUT2D eigenvalue weighted by molar-refractivity contribution is 0.00578. The van der Waals surface area contributed by atoms with Gasteiger partial charge in [-0.15, -0.1) is 0 Å². The van der Waals surface area contributed by atoms with Crippen molar-refractivity contribution in [2.24, 2.45) is 0 Å². The molecule has 0 unspecified atom stereocenters. The van der Waals surface area contributed by atoms with Crippen molar-refractivity contribution in [1.82, 2.24) is 0 Å². The smallest absolute Gasteiger partial charge is 0.399 e. The summed E-state index contributed by atoms with van der Waals surface area (Å²) in [6, 6.07) is 7.81.